The fourth-order valence-corrected chi connectivity index (χ4v) is 3.30. The molecule has 0 amide bonds. The van der Waals surface area contributed by atoms with E-state index in [-0.39, 0.29) is 0 Å². The molecule has 0 radical (unpaired) electrons. The third kappa shape index (κ3) is 2.94. The van der Waals surface area contributed by atoms with Gasteiger partial charge in [0.05, 0.1) is 0 Å². The van der Waals surface area contributed by atoms with Crippen LogP contribution in [-0.4, -0.2) is 6.04 Å². The largest absolute Gasteiger partial charge is 0.327 e. The molecule has 2 aromatic carbocycles. The number of hydrogen-bond donors (Lipinski definition) is 1. The van der Waals surface area contributed by atoms with E-state index in [9.17, 15) is 0 Å². The summed E-state index contributed by atoms with van der Waals surface area (Å²) in [6.45, 7) is 0. The topological polar surface area (TPSA) is 26.0 Å². The van der Waals surface area contributed by atoms with E-state index in [1.165, 1.54) is 48.8 Å². The zero-order valence-corrected chi connectivity index (χ0v) is 12.0. The first kappa shape index (κ1) is 13.4. The summed E-state index contributed by atoms with van der Waals surface area (Å²) >= 11 is 0. The van der Waals surface area contributed by atoms with Gasteiger partial charge in [-0.1, -0.05) is 73.9 Å². The van der Waals surface area contributed by atoms with E-state index in [4.69, 9.17) is 5.73 Å². The summed E-state index contributed by atoms with van der Waals surface area (Å²) in [5, 5.41) is 0. The van der Waals surface area contributed by atoms with Crippen molar-refractivity contribution in [2.24, 2.45) is 5.73 Å². The van der Waals surface area contributed by atoms with Crippen LogP contribution < -0.4 is 5.73 Å². The summed E-state index contributed by atoms with van der Waals surface area (Å²) in [5.41, 5.74) is 10.3. The van der Waals surface area contributed by atoms with Gasteiger partial charge in [0.15, 0.2) is 0 Å². The van der Waals surface area contributed by atoms with Crippen molar-refractivity contribution in [3.05, 3.63) is 60.2 Å². The van der Waals surface area contributed by atoms with Gasteiger partial charge in [-0.25, -0.2) is 0 Å². The fourth-order valence-electron chi connectivity index (χ4n) is 3.30. The molecule has 3 rings (SSSR count). The van der Waals surface area contributed by atoms with Crippen LogP contribution in [-0.2, 0) is 0 Å². The Morgan fingerprint density at radius 3 is 2.10 bits per heavy atom. The lowest BCUT2D eigenvalue weighted by molar-refractivity contribution is 0.505. The van der Waals surface area contributed by atoms with E-state index in [0.717, 1.165) is 0 Å². The Labute approximate surface area is 121 Å². The molecule has 1 aliphatic rings. The molecular formula is C19H23N. The van der Waals surface area contributed by atoms with Crippen molar-refractivity contribution in [3.8, 4) is 11.1 Å². The summed E-state index contributed by atoms with van der Waals surface area (Å²) < 4.78 is 0. The Hall–Kier alpha value is -1.60. The number of benzene rings is 2. The van der Waals surface area contributed by atoms with Crippen molar-refractivity contribution in [2.75, 3.05) is 0 Å². The van der Waals surface area contributed by atoms with E-state index in [1.807, 2.05) is 0 Å². The van der Waals surface area contributed by atoms with Gasteiger partial charge < -0.3 is 5.73 Å². The van der Waals surface area contributed by atoms with E-state index >= 15 is 0 Å². The molecule has 0 saturated heterocycles. The quantitative estimate of drug-likeness (QED) is 0.781. The second kappa shape index (κ2) is 6.23. The average Bonchev–Trinajstić information content (AvgIpc) is 2.73. The standard InChI is InChI=1S/C19H23N/c20-19-10-6-2-5-9-18(19)17-13-11-16(12-14-17)15-7-3-1-4-8-15/h1,3-4,7-8,11-14,18-19H,2,5-6,9-10,20H2. The molecule has 0 bridgehead atoms. The number of nitrogens with two attached hydrogens (primary N) is 1. The van der Waals surface area contributed by atoms with Crippen LogP contribution in [0.25, 0.3) is 11.1 Å². The first-order valence-electron chi connectivity index (χ1n) is 7.75. The van der Waals surface area contributed by atoms with E-state index in [2.05, 4.69) is 54.6 Å². The van der Waals surface area contributed by atoms with Crippen LogP contribution in [0, 0.1) is 0 Å². The number of hydrogen-bond acceptors (Lipinski definition) is 1. The highest BCUT2D eigenvalue weighted by molar-refractivity contribution is 5.63. The summed E-state index contributed by atoms with van der Waals surface area (Å²) in [6, 6.07) is 19.9. The highest BCUT2D eigenvalue weighted by atomic mass is 14.6. The second-order valence-electron chi connectivity index (χ2n) is 5.90. The Kier molecular flexibility index (Phi) is 4.17. The maximum Gasteiger partial charge on any atom is 0.0108 e. The Bertz CT molecular complexity index is 529. The SMILES string of the molecule is NC1CCCCCC1c1ccc(-c2ccccc2)cc1. The second-order valence-corrected chi connectivity index (χ2v) is 5.90. The van der Waals surface area contributed by atoms with Gasteiger partial charge in [0.1, 0.15) is 0 Å². The van der Waals surface area contributed by atoms with Crippen LogP contribution in [0.1, 0.15) is 43.6 Å². The zero-order valence-electron chi connectivity index (χ0n) is 12.0. The summed E-state index contributed by atoms with van der Waals surface area (Å²) in [5.74, 6) is 0.544. The fraction of sp³-hybridized carbons (Fsp3) is 0.368. The predicted molar refractivity (Wildman–Crippen MR) is 85.7 cm³/mol. The van der Waals surface area contributed by atoms with Gasteiger partial charge >= 0.3 is 0 Å². The van der Waals surface area contributed by atoms with Crippen molar-refractivity contribution in [1.29, 1.82) is 0 Å². The zero-order chi connectivity index (χ0) is 13.8. The first-order chi connectivity index (χ1) is 9.84. The van der Waals surface area contributed by atoms with E-state index < -0.39 is 0 Å². The van der Waals surface area contributed by atoms with Crippen LogP contribution >= 0.6 is 0 Å². The molecule has 1 nitrogen and oxygen atoms in total. The minimum Gasteiger partial charge on any atom is -0.327 e. The van der Waals surface area contributed by atoms with Crippen LogP contribution in [0.5, 0.6) is 0 Å². The first-order valence-corrected chi connectivity index (χ1v) is 7.75. The molecule has 0 aliphatic heterocycles. The van der Waals surface area contributed by atoms with Crippen molar-refractivity contribution in [1.82, 2.24) is 0 Å². The maximum absolute atomic E-state index is 6.36. The lowest BCUT2D eigenvalue weighted by Crippen LogP contribution is -2.27. The molecule has 0 aromatic heterocycles. The molecule has 104 valence electrons. The van der Waals surface area contributed by atoms with Crippen molar-refractivity contribution in [3.63, 3.8) is 0 Å². The average molecular weight is 265 g/mol. The molecule has 0 heterocycles. The molecule has 2 atom stereocenters. The molecule has 2 N–H and O–H groups in total. The molecule has 2 unspecified atom stereocenters. The summed E-state index contributed by atoms with van der Waals surface area (Å²) in [6.07, 6.45) is 6.36. The van der Waals surface area contributed by atoms with Gasteiger partial charge in [-0.2, -0.15) is 0 Å². The van der Waals surface area contributed by atoms with Gasteiger partial charge in [0.25, 0.3) is 0 Å². The molecule has 20 heavy (non-hydrogen) atoms. The lowest BCUT2D eigenvalue weighted by atomic mass is 9.87. The normalized spacial score (nSPS) is 23.2. The highest BCUT2D eigenvalue weighted by Gasteiger charge is 2.21. The minimum atomic E-state index is 0.333. The smallest absolute Gasteiger partial charge is 0.0108 e. The molecule has 1 aliphatic carbocycles. The van der Waals surface area contributed by atoms with E-state index in [1.54, 1.807) is 0 Å². The van der Waals surface area contributed by atoms with Crippen LogP contribution in [0.15, 0.2) is 54.6 Å². The van der Waals surface area contributed by atoms with E-state index in [0.29, 0.717) is 12.0 Å². The minimum absolute atomic E-state index is 0.333. The van der Waals surface area contributed by atoms with Gasteiger partial charge in [-0.15, -0.1) is 0 Å². The molecule has 1 heteroatoms. The Balaban J connectivity index is 1.82. The maximum atomic E-state index is 6.36. The number of rotatable bonds is 2. The van der Waals surface area contributed by atoms with Gasteiger partial charge in [0, 0.05) is 6.04 Å². The van der Waals surface area contributed by atoms with Crippen LogP contribution in [0.3, 0.4) is 0 Å². The third-order valence-electron chi connectivity index (χ3n) is 4.52. The molecule has 1 saturated carbocycles. The summed E-state index contributed by atoms with van der Waals surface area (Å²) in [7, 11) is 0. The van der Waals surface area contributed by atoms with Gasteiger partial charge in [-0.3, -0.25) is 0 Å². The van der Waals surface area contributed by atoms with Crippen molar-refractivity contribution < 1.29 is 0 Å². The lowest BCUT2D eigenvalue weighted by Gasteiger charge is -2.22. The predicted octanol–water partition coefficient (Wildman–Crippen LogP) is 4.73. The van der Waals surface area contributed by atoms with Gasteiger partial charge in [0.2, 0.25) is 0 Å². The van der Waals surface area contributed by atoms with Gasteiger partial charge in [-0.05, 0) is 35.4 Å². The molecule has 1 fully saturated rings. The Morgan fingerprint density at radius 2 is 1.35 bits per heavy atom. The highest BCUT2D eigenvalue weighted by Crippen LogP contribution is 2.32. The monoisotopic (exact) mass is 265 g/mol. The van der Waals surface area contributed by atoms with Crippen molar-refractivity contribution >= 4 is 0 Å². The molecule has 0 spiro atoms. The Morgan fingerprint density at radius 1 is 0.700 bits per heavy atom. The summed E-state index contributed by atoms with van der Waals surface area (Å²) in [4.78, 5) is 0. The molecular weight excluding hydrogens is 242 g/mol. The third-order valence-corrected chi connectivity index (χ3v) is 4.52. The van der Waals surface area contributed by atoms with Crippen LogP contribution in [0.4, 0.5) is 0 Å². The van der Waals surface area contributed by atoms with Crippen LogP contribution in [0.2, 0.25) is 0 Å². The molecule has 2 aromatic rings. The van der Waals surface area contributed by atoms with Crippen molar-refractivity contribution in [2.45, 2.75) is 44.1 Å².